The first-order valence-electron chi connectivity index (χ1n) is 6.87. The van der Waals surface area contributed by atoms with Crippen LogP contribution in [0.5, 0.6) is 0 Å². The molecule has 1 unspecified atom stereocenters. The Morgan fingerprint density at radius 1 is 1.57 bits per heavy atom. The number of carbonyl (C=O) groups excluding carboxylic acids is 1. The van der Waals surface area contributed by atoms with Crippen LogP contribution in [0.15, 0.2) is 22.5 Å². The van der Waals surface area contributed by atoms with Crippen molar-refractivity contribution in [3.63, 3.8) is 0 Å². The number of nitrogens with zero attached hydrogens (tertiary/aromatic N) is 4. The Balaban J connectivity index is 2.11. The highest BCUT2D eigenvalue weighted by atomic mass is 32.2. The standard InChI is InChI=1S/C13H18N6O3S/c1-8(10-18-15-7-19(10)4-5-22-2)16-11(20)9-6-14-13(23-3)17-12(9)21/h6-8H,4-5H2,1-3H3,(H,16,20)(H,14,17,21). The topological polar surface area (TPSA) is 115 Å². The highest BCUT2D eigenvalue weighted by molar-refractivity contribution is 7.98. The second-order valence-electron chi connectivity index (χ2n) is 4.71. The van der Waals surface area contributed by atoms with E-state index in [2.05, 4.69) is 25.5 Å². The van der Waals surface area contributed by atoms with E-state index in [1.165, 1.54) is 18.0 Å². The summed E-state index contributed by atoms with van der Waals surface area (Å²) in [6.07, 6.45) is 4.62. The predicted molar refractivity (Wildman–Crippen MR) is 84.4 cm³/mol. The Labute approximate surface area is 136 Å². The highest BCUT2D eigenvalue weighted by Crippen LogP contribution is 2.10. The van der Waals surface area contributed by atoms with Gasteiger partial charge in [0.05, 0.1) is 12.6 Å². The summed E-state index contributed by atoms with van der Waals surface area (Å²) in [5, 5.41) is 11.0. The molecule has 2 rings (SSSR count). The van der Waals surface area contributed by atoms with Crippen LogP contribution in [-0.2, 0) is 11.3 Å². The van der Waals surface area contributed by atoms with Gasteiger partial charge in [-0.25, -0.2) is 4.98 Å². The van der Waals surface area contributed by atoms with Crippen LogP contribution in [0.4, 0.5) is 0 Å². The molecule has 0 aliphatic heterocycles. The minimum Gasteiger partial charge on any atom is -0.383 e. The Morgan fingerprint density at radius 2 is 2.35 bits per heavy atom. The molecule has 0 fully saturated rings. The third-order valence-electron chi connectivity index (χ3n) is 3.13. The lowest BCUT2D eigenvalue weighted by atomic mass is 10.2. The lowest BCUT2D eigenvalue weighted by Crippen LogP contribution is -2.33. The Morgan fingerprint density at radius 3 is 3.00 bits per heavy atom. The van der Waals surface area contributed by atoms with Gasteiger partial charge in [0, 0.05) is 19.9 Å². The van der Waals surface area contributed by atoms with E-state index >= 15 is 0 Å². The Bertz CT molecular complexity index is 728. The molecule has 1 atom stereocenters. The molecule has 0 spiro atoms. The van der Waals surface area contributed by atoms with Crippen molar-refractivity contribution >= 4 is 17.7 Å². The molecule has 9 nitrogen and oxygen atoms in total. The number of thioether (sulfide) groups is 1. The molecule has 2 heterocycles. The monoisotopic (exact) mass is 338 g/mol. The lowest BCUT2D eigenvalue weighted by Gasteiger charge is -2.14. The van der Waals surface area contributed by atoms with E-state index in [0.717, 1.165) is 0 Å². The number of amides is 1. The summed E-state index contributed by atoms with van der Waals surface area (Å²) in [4.78, 5) is 30.7. The number of methoxy groups -OCH3 is 1. The zero-order valence-electron chi connectivity index (χ0n) is 13.1. The predicted octanol–water partition coefficient (Wildman–Crippen LogP) is 0.221. The van der Waals surface area contributed by atoms with Crippen LogP contribution >= 0.6 is 11.8 Å². The van der Waals surface area contributed by atoms with Crippen molar-refractivity contribution in [3.8, 4) is 0 Å². The summed E-state index contributed by atoms with van der Waals surface area (Å²) in [6, 6.07) is -0.415. The normalized spacial score (nSPS) is 12.1. The molecule has 2 N–H and O–H groups in total. The van der Waals surface area contributed by atoms with Crippen molar-refractivity contribution in [1.29, 1.82) is 0 Å². The Hall–Kier alpha value is -2.20. The quantitative estimate of drug-likeness (QED) is 0.548. The van der Waals surface area contributed by atoms with Crippen molar-refractivity contribution in [3.05, 3.63) is 34.3 Å². The fourth-order valence-electron chi connectivity index (χ4n) is 1.94. The maximum Gasteiger partial charge on any atom is 0.264 e. The summed E-state index contributed by atoms with van der Waals surface area (Å²) in [7, 11) is 1.60. The molecule has 2 aromatic heterocycles. The van der Waals surface area contributed by atoms with Crippen LogP contribution in [0.3, 0.4) is 0 Å². The highest BCUT2D eigenvalue weighted by Gasteiger charge is 2.19. The van der Waals surface area contributed by atoms with Gasteiger partial charge in [-0.1, -0.05) is 11.8 Å². The summed E-state index contributed by atoms with van der Waals surface area (Å²) in [5.74, 6) is 0.0701. The first-order valence-corrected chi connectivity index (χ1v) is 8.10. The molecule has 124 valence electrons. The van der Waals surface area contributed by atoms with Crippen LogP contribution in [0.25, 0.3) is 0 Å². The number of nitrogens with one attached hydrogen (secondary N) is 2. The van der Waals surface area contributed by atoms with Crippen molar-refractivity contribution in [2.75, 3.05) is 20.0 Å². The van der Waals surface area contributed by atoms with Gasteiger partial charge in [-0.05, 0) is 13.2 Å². The number of ether oxygens (including phenoxy) is 1. The van der Waals surface area contributed by atoms with Gasteiger partial charge in [-0.3, -0.25) is 9.59 Å². The van der Waals surface area contributed by atoms with E-state index in [9.17, 15) is 9.59 Å². The third kappa shape index (κ3) is 4.17. The molecule has 0 bridgehead atoms. The van der Waals surface area contributed by atoms with Crippen LogP contribution in [0, 0.1) is 0 Å². The summed E-state index contributed by atoms with van der Waals surface area (Å²) < 4.78 is 6.80. The summed E-state index contributed by atoms with van der Waals surface area (Å²) >= 11 is 1.29. The Kier molecular flexibility index (Phi) is 5.88. The maximum atomic E-state index is 12.2. The van der Waals surface area contributed by atoms with Crippen LogP contribution in [-0.4, -0.2) is 50.6 Å². The first-order chi connectivity index (χ1) is 11.1. The van der Waals surface area contributed by atoms with Gasteiger partial charge < -0.3 is 19.6 Å². The minimum absolute atomic E-state index is 0.0439. The zero-order chi connectivity index (χ0) is 16.8. The van der Waals surface area contributed by atoms with Gasteiger partial charge in [0.1, 0.15) is 11.9 Å². The fourth-order valence-corrected chi connectivity index (χ4v) is 2.30. The van der Waals surface area contributed by atoms with E-state index in [-0.39, 0.29) is 5.56 Å². The van der Waals surface area contributed by atoms with Gasteiger partial charge in [0.25, 0.3) is 11.5 Å². The first kappa shape index (κ1) is 17.2. The summed E-state index contributed by atoms with van der Waals surface area (Å²) in [5.41, 5.74) is -0.521. The number of aromatic amines is 1. The molecule has 0 saturated heterocycles. The van der Waals surface area contributed by atoms with E-state index < -0.39 is 17.5 Å². The smallest absolute Gasteiger partial charge is 0.264 e. The van der Waals surface area contributed by atoms with Gasteiger partial charge >= 0.3 is 0 Å². The molecular formula is C13H18N6O3S. The molecule has 10 heteroatoms. The SMILES string of the molecule is COCCn1cnnc1C(C)NC(=O)c1cnc(SC)[nH]c1=O. The van der Waals surface area contributed by atoms with Crippen molar-refractivity contribution in [2.45, 2.75) is 24.7 Å². The molecule has 1 amide bonds. The molecule has 23 heavy (non-hydrogen) atoms. The summed E-state index contributed by atoms with van der Waals surface area (Å²) in [6.45, 7) is 2.85. The van der Waals surface area contributed by atoms with Gasteiger partial charge in [-0.15, -0.1) is 10.2 Å². The van der Waals surface area contributed by atoms with Crippen molar-refractivity contribution in [2.24, 2.45) is 0 Å². The second-order valence-corrected chi connectivity index (χ2v) is 5.50. The molecular weight excluding hydrogens is 320 g/mol. The molecule has 0 radical (unpaired) electrons. The number of hydrogen-bond acceptors (Lipinski definition) is 7. The van der Waals surface area contributed by atoms with E-state index in [1.54, 1.807) is 31.2 Å². The maximum absolute atomic E-state index is 12.2. The van der Waals surface area contributed by atoms with Crippen molar-refractivity contribution in [1.82, 2.24) is 30.0 Å². The number of aromatic nitrogens is 5. The number of carbonyl (C=O) groups is 1. The zero-order valence-corrected chi connectivity index (χ0v) is 13.9. The second kappa shape index (κ2) is 7.88. The van der Waals surface area contributed by atoms with Gasteiger partial charge in [0.2, 0.25) is 0 Å². The van der Waals surface area contributed by atoms with E-state index in [1.807, 2.05) is 0 Å². The molecule has 2 aromatic rings. The lowest BCUT2D eigenvalue weighted by molar-refractivity contribution is 0.0935. The number of hydrogen-bond donors (Lipinski definition) is 2. The van der Waals surface area contributed by atoms with E-state index in [4.69, 9.17) is 4.74 Å². The molecule has 0 saturated carbocycles. The van der Waals surface area contributed by atoms with Gasteiger partial charge in [-0.2, -0.15) is 0 Å². The molecule has 0 aliphatic rings. The van der Waals surface area contributed by atoms with E-state index in [0.29, 0.717) is 24.1 Å². The number of H-pyrrole nitrogens is 1. The largest absolute Gasteiger partial charge is 0.383 e. The van der Waals surface area contributed by atoms with Crippen molar-refractivity contribution < 1.29 is 9.53 Å². The molecule has 0 aliphatic carbocycles. The van der Waals surface area contributed by atoms with Crippen LogP contribution in [0.1, 0.15) is 29.1 Å². The minimum atomic E-state index is -0.514. The average Bonchev–Trinajstić information content (AvgIpc) is 3.01. The van der Waals surface area contributed by atoms with Crippen LogP contribution < -0.4 is 10.9 Å². The molecule has 0 aromatic carbocycles. The van der Waals surface area contributed by atoms with Crippen LogP contribution in [0.2, 0.25) is 0 Å². The average molecular weight is 338 g/mol. The van der Waals surface area contributed by atoms with Gasteiger partial charge in [0.15, 0.2) is 11.0 Å². The fraction of sp³-hybridized carbons (Fsp3) is 0.462. The third-order valence-corrected chi connectivity index (χ3v) is 3.72. The number of rotatable bonds is 7.